The van der Waals surface area contributed by atoms with E-state index in [1.807, 2.05) is 33.8 Å². The number of carbonyl (C=O) groups excluding carboxylic acids is 1. The molecule has 0 radical (unpaired) electrons. The number of aliphatic hydroxyl groups is 1. The van der Waals surface area contributed by atoms with Crippen LogP contribution >= 0.6 is 0 Å². The van der Waals surface area contributed by atoms with Gasteiger partial charge in [0.25, 0.3) is 5.91 Å². The van der Waals surface area contributed by atoms with Crippen molar-refractivity contribution in [3.63, 3.8) is 0 Å². The van der Waals surface area contributed by atoms with Gasteiger partial charge in [-0.25, -0.2) is 4.39 Å². The lowest BCUT2D eigenvalue weighted by molar-refractivity contribution is -0.124. The van der Waals surface area contributed by atoms with Crippen LogP contribution in [0.15, 0.2) is 42.5 Å². The van der Waals surface area contributed by atoms with E-state index < -0.39 is 24.9 Å². The van der Waals surface area contributed by atoms with Gasteiger partial charge in [0.05, 0.1) is 0 Å². The molecule has 1 unspecified atom stereocenters. The highest BCUT2D eigenvalue weighted by molar-refractivity contribution is 6.62. The van der Waals surface area contributed by atoms with Crippen LogP contribution in [-0.4, -0.2) is 30.3 Å². The van der Waals surface area contributed by atoms with Gasteiger partial charge in [0.1, 0.15) is 5.82 Å². The fraction of sp³-hybridized carbons (Fsp3) is 0.409. The molecule has 0 spiro atoms. The minimum absolute atomic E-state index is 0.197. The molecule has 5 nitrogen and oxygen atoms in total. The maximum Gasteiger partial charge on any atom is 0.494 e. The number of halogens is 1. The molecule has 29 heavy (non-hydrogen) atoms. The topological polar surface area (TPSA) is 67.8 Å². The first-order valence-electron chi connectivity index (χ1n) is 9.81. The molecule has 0 aliphatic rings. The predicted octanol–water partition coefficient (Wildman–Crippen LogP) is 3.74. The largest absolute Gasteiger partial charge is 0.494 e. The molecule has 0 heterocycles. The molecular weight excluding hydrogens is 372 g/mol. The zero-order valence-corrected chi connectivity index (χ0v) is 17.7. The third kappa shape index (κ3) is 6.39. The summed E-state index contributed by atoms with van der Waals surface area (Å²) in [6, 6.07) is 10.7. The fourth-order valence-corrected chi connectivity index (χ4v) is 2.77. The summed E-state index contributed by atoms with van der Waals surface area (Å²) in [6.45, 7) is 10.4. The predicted molar refractivity (Wildman–Crippen MR) is 114 cm³/mol. The molecule has 1 atom stereocenters. The number of hydrogen-bond donors (Lipinski definition) is 2. The second kappa shape index (κ2) is 10.0. The van der Waals surface area contributed by atoms with Gasteiger partial charge in [-0.1, -0.05) is 25.1 Å². The van der Waals surface area contributed by atoms with Crippen molar-refractivity contribution in [3.05, 3.63) is 59.4 Å². The van der Waals surface area contributed by atoms with Gasteiger partial charge in [-0.2, -0.15) is 0 Å². The molecule has 0 saturated heterocycles. The molecule has 2 aromatic carbocycles. The van der Waals surface area contributed by atoms with Crippen LogP contribution in [0, 0.1) is 12.7 Å². The zero-order valence-electron chi connectivity index (χ0n) is 17.7. The Morgan fingerprint density at radius 3 is 2.55 bits per heavy atom. The Labute approximate surface area is 172 Å². The van der Waals surface area contributed by atoms with Crippen LogP contribution in [-0.2, 0) is 14.1 Å². The average Bonchev–Trinajstić information content (AvgIpc) is 2.67. The van der Waals surface area contributed by atoms with Crippen molar-refractivity contribution >= 4 is 24.2 Å². The molecule has 0 fully saturated rings. The van der Waals surface area contributed by atoms with Crippen LogP contribution < -0.4 is 10.8 Å². The van der Waals surface area contributed by atoms with Crippen molar-refractivity contribution in [1.29, 1.82) is 0 Å². The lowest BCUT2D eigenvalue weighted by Gasteiger charge is -2.28. The Morgan fingerprint density at radius 2 is 1.97 bits per heavy atom. The smallest absolute Gasteiger partial charge is 0.408 e. The van der Waals surface area contributed by atoms with Crippen molar-refractivity contribution in [3.8, 4) is 0 Å². The normalized spacial score (nSPS) is 12.5. The van der Waals surface area contributed by atoms with Gasteiger partial charge in [0.2, 0.25) is 0 Å². The molecule has 2 N–H and O–H groups in total. The van der Waals surface area contributed by atoms with Crippen LogP contribution in [0.5, 0.6) is 0 Å². The first-order valence-corrected chi connectivity index (χ1v) is 9.81. The molecule has 0 saturated carbocycles. The van der Waals surface area contributed by atoms with Crippen molar-refractivity contribution in [1.82, 2.24) is 0 Å². The number of hydrogen-bond acceptors (Lipinski definition) is 4. The van der Waals surface area contributed by atoms with E-state index in [-0.39, 0.29) is 11.2 Å². The van der Waals surface area contributed by atoms with Crippen molar-refractivity contribution in [2.45, 2.75) is 52.7 Å². The number of aryl methyl sites for hydroxylation is 1. The van der Waals surface area contributed by atoms with Gasteiger partial charge in [-0.05, 0) is 75.0 Å². The number of rotatable bonds is 9. The lowest BCUT2D eigenvalue weighted by Crippen LogP contribution is -2.44. The highest BCUT2D eigenvalue weighted by atomic mass is 19.1. The summed E-state index contributed by atoms with van der Waals surface area (Å²) < 4.78 is 25.3. The quantitative estimate of drug-likeness (QED) is 0.629. The highest BCUT2D eigenvalue weighted by Gasteiger charge is 2.30. The summed E-state index contributed by atoms with van der Waals surface area (Å²) in [5, 5.41) is 12.9. The van der Waals surface area contributed by atoms with Crippen LogP contribution in [0.1, 0.15) is 51.3 Å². The molecule has 156 valence electrons. The summed E-state index contributed by atoms with van der Waals surface area (Å²) >= 11 is 0. The summed E-state index contributed by atoms with van der Waals surface area (Å²) in [7, 11) is -0.516. The molecule has 0 aliphatic carbocycles. The summed E-state index contributed by atoms with van der Waals surface area (Å²) in [6.07, 6.45) is -0.627. The van der Waals surface area contributed by atoms with E-state index in [1.54, 1.807) is 12.1 Å². The first-order chi connectivity index (χ1) is 13.7. The SMILES string of the molecule is CCOB(OC(C)(C)CC)c1ccc(NC(=O)C(O)c2cccc(F)c2)cc1C. The van der Waals surface area contributed by atoms with E-state index in [1.165, 1.54) is 18.2 Å². The minimum atomic E-state index is -1.46. The van der Waals surface area contributed by atoms with Crippen LogP contribution in [0.4, 0.5) is 10.1 Å². The van der Waals surface area contributed by atoms with E-state index in [0.717, 1.165) is 23.5 Å². The number of carbonyl (C=O) groups is 1. The van der Waals surface area contributed by atoms with Gasteiger partial charge < -0.3 is 19.7 Å². The van der Waals surface area contributed by atoms with Crippen molar-refractivity contribution in [2.24, 2.45) is 0 Å². The van der Waals surface area contributed by atoms with Crippen LogP contribution in [0.3, 0.4) is 0 Å². The maximum atomic E-state index is 13.3. The second-order valence-electron chi connectivity index (χ2n) is 7.54. The Bertz CT molecular complexity index is 843. The zero-order chi connectivity index (χ0) is 21.6. The Hall–Kier alpha value is -2.22. The Balaban J connectivity index is 2.16. The molecule has 0 aliphatic heterocycles. The Morgan fingerprint density at radius 1 is 1.24 bits per heavy atom. The summed E-state index contributed by atoms with van der Waals surface area (Å²) in [5.41, 5.74) is 2.14. The van der Waals surface area contributed by atoms with Gasteiger partial charge in [-0.15, -0.1) is 0 Å². The monoisotopic (exact) mass is 401 g/mol. The number of anilines is 1. The minimum Gasteiger partial charge on any atom is -0.408 e. The van der Waals surface area contributed by atoms with Gasteiger partial charge >= 0.3 is 7.12 Å². The van der Waals surface area contributed by atoms with Crippen LogP contribution in [0.25, 0.3) is 0 Å². The first kappa shape index (κ1) is 23.1. The van der Waals surface area contributed by atoms with E-state index >= 15 is 0 Å². The Kier molecular flexibility index (Phi) is 7.96. The summed E-state index contributed by atoms with van der Waals surface area (Å²) in [5.74, 6) is -1.14. The van der Waals surface area contributed by atoms with Gasteiger partial charge in [0.15, 0.2) is 6.10 Å². The molecule has 7 heteroatoms. The lowest BCUT2D eigenvalue weighted by atomic mass is 9.74. The molecule has 1 amide bonds. The number of amides is 1. The van der Waals surface area contributed by atoms with E-state index in [4.69, 9.17) is 9.31 Å². The van der Waals surface area contributed by atoms with E-state index in [2.05, 4.69) is 12.2 Å². The second-order valence-corrected chi connectivity index (χ2v) is 7.54. The molecule has 2 rings (SSSR count). The third-order valence-electron chi connectivity index (χ3n) is 4.80. The standard InChI is InChI=1S/C22H29BFNO4/c1-6-22(4,5)29-23(28-7-2)19-12-11-18(13-15(19)3)25-21(27)20(26)16-9-8-10-17(24)14-16/h8-14,20,26H,6-7H2,1-5H3,(H,25,27). The molecular formula is C22H29BFNO4. The van der Waals surface area contributed by atoms with E-state index in [0.29, 0.717) is 12.3 Å². The molecule has 0 aromatic heterocycles. The molecule has 0 bridgehead atoms. The fourth-order valence-electron chi connectivity index (χ4n) is 2.77. The number of nitrogens with one attached hydrogen (secondary N) is 1. The highest BCUT2D eigenvalue weighted by Crippen LogP contribution is 2.19. The molecule has 2 aromatic rings. The third-order valence-corrected chi connectivity index (χ3v) is 4.80. The average molecular weight is 401 g/mol. The van der Waals surface area contributed by atoms with Gasteiger partial charge in [-0.3, -0.25) is 4.79 Å². The number of benzene rings is 2. The number of aliphatic hydroxyl groups excluding tert-OH is 1. The van der Waals surface area contributed by atoms with Gasteiger partial charge in [0, 0.05) is 17.9 Å². The van der Waals surface area contributed by atoms with E-state index in [9.17, 15) is 14.3 Å². The van der Waals surface area contributed by atoms with Crippen LogP contribution in [0.2, 0.25) is 0 Å². The van der Waals surface area contributed by atoms with Crippen molar-refractivity contribution in [2.75, 3.05) is 11.9 Å². The van der Waals surface area contributed by atoms with Crippen molar-refractivity contribution < 1.29 is 23.6 Å². The summed E-state index contributed by atoms with van der Waals surface area (Å²) in [4.78, 5) is 12.4. The maximum absolute atomic E-state index is 13.3.